The van der Waals surface area contributed by atoms with Crippen molar-refractivity contribution in [3.05, 3.63) is 36.3 Å². The molecule has 0 spiro atoms. The fraction of sp³-hybridized carbons (Fsp3) is 0.565. The van der Waals surface area contributed by atoms with Gasteiger partial charge in [0.05, 0.1) is 24.9 Å². The SMILES string of the molecule is COc1ccccc1-c1cn2c(n1)[C@H](CC1CCCCC1)N(C(=O)[C@@H](N)CS)CC2. The molecule has 1 aromatic carbocycles. The number of carbonyl (C=O) groups excluding carboxylic acids is 1. The molecule has 162 valence electrons. The maximum absolute atomic E-state index is 13.1. The Morgan fingerprint density at radius 2 is 2.03 bits per heavy atom. The number of amides is 1. The molecular formula is C23H32N4O2S. The van der Waals surface area contributed by atoms with Crippen LogP contribution in [0.25, 0.3) is 11.3 Å². The van der Waals surface area contributed by atoms with E-state index in [0.29, 0.717) is 18.2 Å². The number of para-hydroxylation sites is 1. The van der Waals surface area contributed by atoms with Gasteiger partial charge in [0.2, 0.25) is 5.91 Å². The molecule has 0 unspecified atom stereocenters. The molecule has 0 bridgehead atoms. The Kier molecular flexibility index (Phi) is 6.68. The van der Waals surface area contributed by atoms with E-state index in [1.807, 2.05) is 29.2 Å². The molecule has 2 atom stereocenters. The third-order valence-electron chi connectivity index (χ3n) is 6.52. The van der Waals surface area contributed by atoms with E-state index in [-0.39, 0.29) is 11.9 Å². The highest BCUT2D eigenvalue weighted by Gasteiger charge is 2.36. The monoisotopic (exact) mass is 428 g/mol. The largest absolute Gasteiger partial charge is 0.496 e. The van der Waals surface area contributed by atoms with Gasteiger partial charge in [-0.1, -0.05) is 44.2 Å². The van der Waals surface area contributed by atoms with Gasteiger partial charge in [0.15, 0.2) is 0 Å². The predicted molar refractivity (Wildman–Crippen MR) is 122 cm³/mol. The van der Waals surface area contributed by atoms with Crippen LogP contribution in [0.1, 0.15) is 50.4 Å². The standard InChI is InChI=1S/C23H32N4O2S/c1-29-21-10-6-5-9-17(21)19-14-26-11-12-27(23(28)18(24)15-30)20(22(26)25-19)13-16-7-3-2-4-8-16/h5-6,9-10,14,16,18,20,30H,2-4,7-8,11-13,15,24H2,1H3/t18-,20-/m0/s1. The van der Waals surface area contributed by atoms with Crippen molar-refractivity contribution in [1.82, 2.24) is 14.5 Å². The second-order valence-electron chi connectivity index (χ2n) is 8.45. The highest BCUT2D eigenvalue weighted by atomic mass is 32.1. The molecular weight excluding hydrogens is 396 g/mol. The topological polar surface area (TPSA) is 73.4 Å². The van der Waals surface area contributed by atoms with E-state index in [9.17, 15) is 4.79 Å². The highest BCUT2D eigenvalue weighted by Crippen LogP contribution is 2.38. The van der Waals surface area contributed by atoms with Gasteiger partial charge in [-0.25, -0.2) is 4.98 Å². The molecule has 30 heavy (non-hydrogen) atoms. The van der Waals surface area contributed by atoms with Crippen LogP contribution in [0, 0.1) is 5.92 Å². The zero-order chi connectivity index (χ0) is 21.1. The summed E-state index contributed by atoms with van der Waals surface area (Å²) >= 11 is 4.26. The maximum atomic E-state index is 13.1. The molecule has 2 aromatic rings. The fourth-order valence-corrected chi connectivity index (χ4v) is 5.05. The summed E-state index contributed by atoms with van der Waals surface area (Å²) in [4.78, 5) is 20.0. The lowest BCUT2D eigenvalue weighted by molar-refractivity contribution is -0.136. The number of benzene rings is 1. The first-order chi connectivity index (χ1) is 14.6. The van der Waals surface area contributed by atoms with Crippen LogP contribution in [0.5, 0.6) is 5.75 Å². The van der Waals surface area contributed by atoms with E-state index in [0.717, 1.165) is 35.8 Å². The summed E-state index contributed by atoms with van der Waals surface area (Å²) in [6.07, 6.45) is 9.40. The summed E-state index contributed by atoms with van der Waals surface area (Å²) in [6.45, 7) is 1.39. The van der Waals surface area contributed by atoms with E-state index in [4.69, 9.17) is 15.5 Å². The van der Waals surface area contributed by atoms with E-state index < -0.39 is 6.04 Å². The number of hydrogen-bond acceptors (Lipinski definition) is 5. The van der Waals surface area contributed by atoms with Crippen molar-refractivity contribution in [2.24, 2.45) is 11.7 Å². The molecule has 1 fully saturated rings. The van der Waals surface area contributed by atoms with Crippen molar-refractivity contribution in [2.45, 2.75) is 57.2 Å². The number of rotatable bonds is 6. The van der Waals surface area contributed by atoms with Crippen molar-refractivity contribution in [2.75, 3.05) is 19.4 Å². The Labute approximate surface area is 184 Å². The molecule has 2 aliphatic rings. The Morgan fingerprint density at radius 3 is 2.77 bits per heavy atom. The quantitative estimate of drug-likeness (QED) is 0.689. The number of imidazole rings is 1. The van der Waals surface area contributed by atoms with E-state index >= 15 is 0 Å². The lowest BCUT2D eigenvalue weighted by Crippen LogP contribution is -2.50. The van der Waals surface area contributed by atoms with Gasteiger partial charge in [-0.2, -0.15) is 12.6 Å². The number of ether oxygens (including phenoxy) is 1. The first-order valence-electron chi connectivity index (χ1n) is 11.0. The molecule has 6 nitrogen and oxygen atoms in total. The molecule has 1 aliphatic carbocycles. The number of carbonyl (C=O) groups is 1. The molecule has 2 N–H and O–H groups in total. The first-order valence-corrected chi connectivity index (χ1v) is 11.6. The van der Waals surface area contributed by atoms with Gasteiger partial charge >= 0.3 is 0 Å². The number of nitrogens with zero attached hydrogens (tertiary/aromatic N) is 3. The van der Waals surface area contributed by atoms with Crippen molar-refractivity contribution in [3.63, 3.8) is 0 Å². The number of aromatic nitrogens is 2. The average Bonchev–Trinajstić information content (AvgIpc) is 3.23. The Hall–Kier alpha value is -1.99. The van der Waals surface area contributed by atoms with E-state index in [1.165, 1.54) is 32.1 Å². The maximum Gasteiger partial charge on any atom is 0.241 e. The molecule has 2 heterocycles. The number of thiol groups is 1. The van der Waals surface area contributed by atoms with Crippen LogP contribution in [-0.2, 0) is 11.3 Å². The predicted octanol–water partition coefficient (Wildman–Crippen LogP) is 3.67. The summed E-state index contributed by atoms with van der Waals surface area (Å²) in [5.41, 5.74) is 7.95. The molecule has 1 aliphatic heterocycles. The van der Waals surface area contributed by atoms with Gasteiger partial charge in [-0.15, -0.1) is 0 Å². The smallest absolute Gasteiger partial charge is 0.241 e. The Morgan fingerprint density at radius 1 is 1.27 bits per heavy atom. The Balaban J connectivity index is 1.69. The van der Waals surface area contributed by atoms with Crippen molar-refractivity contribution < 1.29 is 9.53 Å². The summed E-state index contributed by atoms with van der Waals surface area (Å²) in [7, 11) is 1.68. The normalized spacial score (nSPS) is 20.6. The molecule has 1 saturated carbocycles. The van der Waals surface area contributed by atoms with Crippen LogP contribution in [0.2, 0.25) is 0 Å². The van der Waals surface area contributed by atoms with Crippen LogP contribution in [0.3, 0.4) is 0 Å². The van der Waals surface area contributed by atoms with Gasteiger partial charge in [0, 0.05) is 30.6 Å². The number of hydrogen-bond donors (Lipinski definition) is 2. The zero-order valence-corrected chi connectivity index (χ0v) is 18.6. The third kappa shape index (κ3) is 4.23. The summed E-state index contributed by atoms with van der Waals surface area (Å²) in [5.74, 6) is 2.74. The zero-order valence-electron chi connectivity index (χ0n) is 17.7. The van der Waals surface area contributed by atoms with E-state index in [1.54, 1.807) is 7.11 Å². The second-order valence-corrected chi connectivity index (χ2v) is 8.82. The number of nitrogens with two attached hydrogens (primary N) is 1. The molecule has 7 heteroatoms. The minimum absolute atomic E-state index is 0.0149. The second kappa shape index (κ2) is 9.43. The van der Waals surface area contributed by atoms with Crippen molar-refractivity contribution in [1.29, 1.82) is 0 Å². The third-order valence-corrected chi connectivity index (χ3v) is 6.92. The van der Waals surface area contributed by atoms with Gasteiger partial charge < -0.3 is 19.9 Å². The van der Waals surface area contributed by atoms with E-state index in [2.05, 4.69) is 23.4 Å². The minimum atomic E-state index is -0.572. The Bertz CT molecular complexity index is 878. The summed E-state index contributed by atoms with van der Waals surface area (Å²) in [5, 5.41) is 0. The average molecular weight is 429 g/mol. The van der Waals surface area contributed by atoms with Gasteiger partial charge in [0.25, 0.3) is 0 Å². The van der Waals surface area contributed by atoms with Gasteiger partial charge in [0.1, 0.15) is 11.6 Å². The molecule has 1 amide bonds. The molecule has 4 rings (SSSR count). The van der Waals surface area contributed by atoms with Crippen LogP contribution in [0.4, 0.5) is 0 Å². The lowest BCUT2D eigenvalue weighted by atomic mass is 9.84. The molecule has 1 aromatic heterocycles. The molecule has 0 saturated heterocycles. The van der Waals surface area contributed by atoms with Crippen molar-refractivity contribution in [3.8, 4) is 17.0 Å². The van der Waals surface area contributed by atoms with Gasteiger partial charge in [-0.3, -0.25) is 4.79 Å². The summed E-state index contributed by atoms with van der Waals surface area (Å²) in [6, 6.07) is 7.33. The fourth-order valence-electron chi connectivity index (χ4n) is 4.90. The van der Waals surface area contributed by atoms with Crippen LogP contribution in [0.15, 0.2) is 30.5 Å². The van der Waals surface area contributed by atoms with Crippen LogP contribution < -0.4 is 10.5 Å². The van der Waals surface area contributed by atoms with Crippen LogP contribution in [-0.4, -0.2) is 45.8 Å². The highest BCUT2D eigenvalue weighted by molar-refractivity contribution is 7.80. The first kappa shape index (κ1) is 21.2. The lowest BCUT2D eigenvalue weighted by Gasteiger charge is -2.39. The van der Waals surface area contributed by atoms with Crippen molar-refractivity contribution >= 4 is 18.5 Å². The van der Waals surface area contributed by atoms with Crippen LogP contribution >= 0.6 is 12.6 Å². The number of fused-ring (bicyclic) bond motifs is 1. The number of methoxy groups -OCH3 is 1. The summed E-state index contributed by atoms with van der Waals surface area (Å²) < 4.78 is 7.76. The molecule has 0 radical (unpaired) electrons. The minimum Gasteiger partial charge on any atom is -0.496 e. The van der Waals surface area contributed by atoms with Gasteiger partial charge in [-0.05, 0) is 24.5 Å².